The first-order valence-corrected chi connectivity index (χ1v) is 8.68. The van der Waals surface area contributed by atoms with Gasteiger partial charge in [-0.1, -0.05) is 35.4 Å². The van der Waals surface area contributed by atoms with E-state index in [0.717, 1.165) is 16.9 Å². The van der Waals surface area contributed by atoms with Crippen molar-refractivity contribution >= 4 is 0 Å². The molecule has 0 radical (unpaired) electrons. The number of hydrogen-bond acceptors (Lipinski definition) is 3. The van der Waals surface area contributed by atoms with Crippen LogP contribution in [0.5, 0.6) is 0 Å². The molecule has 5 nitrogen and oxygen atoms in total. The first kappa shape index (κ1) is 19.3. The molecule has 1 heterocycles. The lowest BCUT2D eigenvalue weighted by Gasteiger charge is -2.00. The molecule has 0 fully saturated rings. The molecule has 0 saturated carbocycles. The predicted octanol–water partition coefficient (Wildman–Crippen LogP) is 0.704. The van der Waals surface area contributed by atoms with Crippen LogP contribution in [0.2, 0.25) is 0 Å². The monoisotopic (exact) mass is 387 g/mol. The predicted molar refractivity (Wildman–Crippen MR) is 103 cm³/mol. The third-order valence-electron chi connectivity index (χ3n) is 4.36. The van der Waals surface area contributed by atoms with Crippen molar-refractivity contribution in [2.45, 2.75) is 13.8 Å². The summed E-state index contributed by atoms with van der Waals surface area (Å²) in [7, 11) is 0. The first-order valence-electron chi connectivity index (χ1n) is 8.68. The average molecular weight is 388 g/mol. The van der Waals surface area contributed by atoms with E-state index < -0.39 is 0 Å². The number of hydrogen-bond donors (Lipinski definition) is 0. The Kier molecular flexibility index (Phi) is 5.53. The molecule has 0 N–H and O–H groups in total. The van der Waals surface area contributed by atoms with Crippen molar-refractivity contribution in [2.24, 2.45) is 0 Å². The summed E-state index contributed by atoms with van der Waals surface area (Å²) in [5, 5.41) is 18.4. The average Bonchev–Trinajstić information content (AvgIpc) is 3.14. The fraction of sp³-hybridized carbons (Fsp3) is 0.0909. The molecule has 0 amide bonds. The van der Waals surface area contributed by atoms with Gasteiger partial charge in [0.1, 0.15) is 5.69 Å². The van der Waals surface area contributed by atoms with Crippen LogP contribution in [0, 0.1) is 25.2 Å². The second-order valence-corrected chi connectivity index (χ2v) is 6.46. The van der Waals surface area contributed by atoms with E-state index in [1.54, 1.807) is 21.7 Å². The molecule has 0 saturated heterocycles. The molecule has 1 aromatic heterocycles. The van der Waals surface area contributed by atoms with Crippen molar-refractivity contribution in [2.75, 3.05) is 0 Å². The SMILES string of the molecule is Cc1ccc(-n2nc(-c3ccc(C#N)cc3)n[n+]2-c2ccc(C)cc2)cc1.[Cl-]. The molecule has 6 heteroatoms. The fourth-order valence-corrected chi connectivity index (χ4v) is 2.78. The van der Waals surface area contributed by atoms with E-state index in [1.807, 2.05) is 36.4 Å². The molecule has 0 aliphatic rings. The Hall–Kier alpha value is -3.49. The van der Waals surface area contributed by atoms with Crippen LogP contribution in [0.15, 0.2) is 72.8 Å². The number of rotatable bonds is 3. The van der Waals surface area contributed by atoms with E-state index in [1.165, 1.54) is 11.1 Å². The second-order valence-electron chi connectivity index (χ2n) is 6.46. The summed E-state index contributed by atoms with van der Waals surface area (Å²) in [5.74, 6) is 0.598. The van der Waals surface area contributed by atoms with E-state index in [0.29, 0.717) is 11.4 Å². The molecule has 0 aliphatic carbocycles. The van der Waals surface area contributed by atoms with E-state index in [9.17, 15) is 0 Å². The third kappa shape index (κ3) is 3.78. The molecule has 28 heavy (non-hydrogen) atoms. The minimum Gasteiger partial charge on any atom is -1.00 e. The van der Waals surface area contributed by atoms with Gasteiger partial charge in [-0.05, 0) is 72.3 Å². The quantitative estimate of drug-likeness (QED) is 0.486. The maximum absolute atomic E-state index is 9.00. The fourth-order valence-electron chi connectivity index (χ4n) is 2.78. The summed E-state index contributed by atoms with van der Waals surface area (Å²) in [5.41, 5.74) is 5.70. The molecule has 4 aromatic rings. The van der Waals surface area contributed by atoms with Crippen LogP contribution in [-0.2, 0) is 0 Å². The summed E-state index contributed by atoms with van der Waals surface area (Å²) in [4.78, 5) is 3.58. The van der Waals surface area contributed by atoms with Crippen LogP contribution in [0.4, 0.5) is 0 Å². The number of aromatic nitrogens is 4. The van der Waals surface area contributed by atoms with Crippen molar-refractivity contribution in [3.8, 4) is 28.8 Å². The molecule has 138 valence electrons. The minimum absolute atomic E-state index is 0. The number of aryl methyl sites for hydroxylation is 2. The van der Waals surface area contributed by atoms with E-state index >= 15 is 0 Å². The van der Waals surface area contributed by atoms with Gasteiger partial charge in [-0.3, -0.25) is 0 Å². The number of benzene rings is 3. The molecule has 0 unspecified atom stereocenters. The number of nitriles is 1. The highest BCUT2D eigenvalue weighted by Gasteiger charge is 2.23. The lowest BCUT2D eigenvalue weighted by atomic mass is 10.1. The summed E-state index contributed by atoms with van der Waals surface area (Å²) in [6.45, 7) is 4.11. The van der Waals surface area contributed by atoms with Crippen LogP contribution in [-0.4, -0.2) is 15.0 Å². The molecule has 4 rings (SSSR count). The number of nitrogens with zero attached hydrogens (tertiary/aromatic N) is 5. The van der Waals surface area contributed by atoms with Crippen molar-refractivity contribution in [1.29, 1.82) is 5.26 Å². The maximum atomic E-state index is 9.00. The van der Waals surface area contributed by atoms with Crippen LogP contribution < -0.4 is 17.2 Å². The van der Waals surface area contributed by atoms with Crippen LogP contribution in [0.1, 0.15) is 16.7 Å². The van der Waals surface area contributed by atoms with Gasteiger partial charge in [-0.15, -0.1) is 0 Å². The van der Waals surface area contributed by atoms with Gasteiger partial charge in [-0.2, -0.15) is 5.26 Å². The lowest BCUT2D eigenvalue weighted by molar-refractivity contribution is -0.734. The van der Waals surface area contributed by atoms with Gasteiger partial charge in [0.2, 0.25) is 0 Å². The van der Waals surface area contributed by atoms with Crippen molar-refractivity contribution < 1.29 is 17.2 Å². The van der Waals surface area contributed by atoms with Crippen LogP contribution in [0.3, 0.4) is 0 Å². The van der Waals surface area contributed by atoms with Gasteiger partial charge in [0.25, 0.3) is 0 Å². The van der Waals surface area contributed by atoms with Gasteiger partial charge < -0.3 is 12.4 Å². The summed E-state index contributed by atoms with van der Waals surface area (Å²) in [6.07, 6.45) is 0. The standard InChI is InChI=1S/C22H18N5.ClH/c1-16-3-11-20(12-4-16)26-24-22(19-9-7-18(15-23)8-10-19)25-27(26)21-13-5-17(2)6-14-21;/h3-14H,1-2H3;1H/q+1;/p-1. The largest absolute Gasteiger partial charge is 1.00 e. The highest BCUT2D eigenvalue weighted by Crippen LogP contribution is 2.16. The van der Waals surface area contributed by atoms with Gasteiger partial charge in [0.15, 0.2) is 5.69 Å². The topological polar surface area (TPSA) is 58.4 Å². The molecule has 0 bridgehead atoms. The Bertz CT molecular complexity index is 1060. The van der Waals surface area contributed by atoms with E-state index in [2.05, 4.69) is 44.2 Å². The normalized spacial score (nSPS) is 10.2. The van der Waals surface area contributed by atoms with Crippen molar-refractivity contribution in [3.63, 3.8) is 0 Å². The van der Waals surface area contributed by atoms with E-state index in [-0.39, 0.29) is 12.4 Å². The lowest BCUT2D eigenvalue weighted by Crippen LogP contribution is -3.00. The molecule has 3 aromatic carbocycles. The van der Waals surface area contributed by atoms with E-state index in [4.69, 9.17) is 15.5 Å². The van der Waals surface area contributed by atoms with Crippen LogP contribution >= 0.6 is 0 Å². The van der Waals surface area contributed by atoms with Gasteiger partial charge >= 0.3 is 5.82 Å². The highest BCUT2D eigenvalue weighted by molar-refractivity contribution is 5.55. The Balaban J connectivity index is 0.00000225. The zero-order valence-electron chi connectivity index (χ0n) is 15.5. The Morgan fingerprint density at radius 3 is 1.96 bits per heavy atom. The zero-order valence-corrected chi connectivity index (χ0v) is 16.3. The summed E-state index contributed by atoms with van der Waals surface area (Å²) >= 11 is 0. The molecule has 0 spiro atoms. The van der Waals surface area contributed by atoms with Gasteiger partial charge in [-0.25, -0.2) is 0 Å². The third-order valence-corrected chi connectivity index (χ3v) is 4.36. The Morgan fingerprint density at radius 2 is 1.39 bits per heavy atom. The maximum Gasteiger partial charge on any atom is 0.340 e. The minimum atomic E-state index is 0. The molecule has 0 aliphatic heterocycles. The first-order chi connectivity index (χ1) is 13.1. The number of tetrazole rings is 1. The van der Waals surface area contributed by atoms with Crippen molar-refractivity contribution in [1.82, 2.24) is 15.0 Å². The molecular formula is C22H18ClN5. The summed E-state index contributed by atoms with van der Waals surface area (Å²) in [6, 6.07) is 25.7. The molecule has 0 atom stereocenters. The Labute approximate surface area is 169 Å². The number of halogens is 1. The molecular weight excluding hydrogens is 370 g/mol. The summed E-state index contributed by atoms with van der Waals surface area (Å²) < 4.78 is 0. The second kappa shape index (κ2) is 8.03. The van der Waals surface area contributed by atoms with Crippen molar-refractivity contribution in [3.05, 3.63) is 89.5 Å². The van der Waals surface area contributed by atoms with Gasteiger partial charge in [0, 0.05) is 4.80 Å². The Morgan fingerprint density at radius 1 is 0.821 bits per heavy atom. The zero-order chi connectivity index (χ0) is 18.8. The smallest absolute Gasteiger partial charge is 0.340 e. The van der Waals surface area contributed by atoms with Crippen LogP contribution in [0.25, 0.3) is 22.8 Å². The van der Waals surface area contributed by atoms with Gasteiger partial charge in [0.05, 0.1) is 22.3 Å². The highest BCUT2D eigenvalue weighted by atomic mass is 35.5.